The normalized spacial score (nSPS) is 19.9. The molecule has 1 rings (SSSR count). The molecular weight excluding hydrogens is 250 g/mol. The predicted molar refractivity (Wildman–Crippen MR) is 85.0 cm³/mol. The van der Waals surface area contributed by atoms with Gasteiger partial charge in [0.2, 0.25) is 0 Å². The van der Waals surface area contributed by atoms with E-state index in [0.717, 1.165) is 18.9 Å². The Labute approximate surface area is 125 Å². The molecule has 3 nitrogen and oxygen atoms in total. The predicted octanol–water partition coefficient (Wildman–Crippen LogP) is 3.50. The smallest absolute Gasteiger partial charge is 0.0897 e. The maximum absolute atomic E-state index is 9.91. The van der Waals surface area contributed by atoms with Crippen molar-refractivity contribution in [3.8, 4) is 0 Å². The SMILES string of the molecule is CCCCCCOCC(O)CNC(C)C1CCCCC1. The van der Waals surface area contributed by atoms with Gasteiger partial charge in [0.25, 0.3) is 0 Å². The zero-order chi connectivity index (χ0) is 14.6. The summed E-state index contributed by atoms with van der Waals surface area (Å²) in [6.45, 7) is 6.39. The lowest BCUT2D eigenvalue weighted by molar-refractivity contribution is 0.0330. The molecule has 0 aromatic carbocycles. The number of nitrogens with one attached hydrogen (secondary N) is 1. The molecule has 1 aliphatic rings. The number of hydrogen-bond acceptors (Lipinski definition) is 3. The van der Waals surface area contributed by atoms with E-state index in [1.807, 2.05) is 0 Å². The van der Waals surface area contributed by atoms with Crippen LogP contribution in [0.25, 0.3) is 0 Å². The summed E-state index contributed by atoms with van der Waals surface area (Å²) in [6, 6.07) is 0.523. The summed E-state index contributed by atoms with van der Waals surface area (Å²) >= 11 is 0. The molecule has 0 heterocycles. The molecule has 0 bridgehead atoms. The summed E-state index contributed by atoms with van der Waals surface area (Å²) in [5.74, 6) is 0.797. The van der Waals surface area contributed by atoms with Crippen molar-refractivity contribution >= 4 is 0 Å². The van der Waals surface area contributed by atoms with Gasteiger partial charge in [-0.1, -0.05) is 45.4 Å². The van der Waals surface area contributed by atoms with E-state index in [2.05, 4.69) is 19.2 Å². The summed E-state index contributed by atoms with van der Waals surface area (Å²) in [5, 5.41) is 13.4. The first-order chi connectivity index (χ1) is 9.74. The van der Waals surface area contributed by atoms with Gasteiger partial charge < -0.3 is 15.2 Å². The van der Waals surface area contributed by atoms with Crippen molar-refractivity contribution in [2.45, 2.75) is 83.8 Å². The Morgan fingerprint density at radius 3 is 2.60 bits per heavy atom. The molecule has 0 aliphatic heterocycles. The van der Waals surface area contributed by atoms with Crippen LogP contribution in [-0.2, 0) is 4.74 Å². The standard InChI is InChI=1S/C17H35NO2/c1-3-4-5-9-12-20-14-17(19)13-18-15(2)16-10-7-6-8-11-16/h15-19H,3-14H2,1-2H3. The molecular formula is C17H35NO2. The number of ether oxygens (including phenoxy) is 1. The zero-order valence-corrected chi connectivity index (χ0v) is 13.6. The van der Waals surface area contributed by atoms with Gasteiger partial charge in [-0.15, -0.1) is 0 Å². The number of hydrogen-bond donors (Lipinski definition) is 2. The Balaban J connectivity index is 1.97. The summed E-state index contributed by atoms with van der Waals surface area (Å²) in [7, 11) is 0. The van der Waals surface area contributed by atoms with E-state index in [-0.39, 0.29) is 6.10 Å². The van der Waals surface area contributed by atoms with Gasteiger partial charge in [0, 0.05) is 19.2 Å². The van der Waals surface area contributed by atoms with Gasteiger partial charge in [-0.25, -0.2) is 0 Å². The third-order valence-electron chi connectivity index (χ3n) is 4.48. The Morgan fingerprint density at radius 1 is 1.15 bits per heavy atom. The molecule has 0 spiro atoms. The van der Waals surface area contributed by atoms with E-state index in [1.165, 1.54) is 51.4 Å². The Hall–Kier alpha value is -0.120. The zero-order valence-electron chi connectivity index (χ0n) is 13.6. The van der Waals surface area contributed by atoms with Gasteiger partial charge in [-0.05, 0) is 32.1 Å². The van der Waals surface area contributed by atoms with Crippen molar-refractivity contribution < 1.29 is 9.84 Å². The van der Waals surface area contributed by atoms with Crippen LogP contribution in [0.2, 0.25) is 0 Å². The van der Waals surface area contributed by atoms with Crippen molar-refractivity contribution in [2.75, 3.05) is 19.8 Å². The van der Waals surface area contributed by atoms with E-state index < -0.39 is 0 Å². The highest BCUT2D eigenvalue weighted by Gasteiger charge is 2.20. The average Bonchev–Trinajstić information content (AvgIpc) is 2.49. The van der Waals surface area contributed by atoms with Crippen LogP contribution < -0.4 is 5.32 Å². The molecule has 0 amide bonds. The van der Waals surface area contributed by atoms with E-state index in [1.54, 1.807) is 0 Å². The number of unbranched alkanes of at least 4 members (excludes halogenated alkanes) is 3. The Morgan fingerprint density at radius 2 is 1.90 bits per heavy atom. The van der Waals surface area contributed by atoms with Crippen molar-refractivity contribution in [1.82, 2.24) is 5.32 Å². The lowest BCUT2D eigenvalue weighted by Gasteiger charge is -2.29. The van der Waals surface area contributed by atoms with Crippen LogP contribution in [0.15, 0.2) is 0 Å². The van der Waals surface area contributed by atoms with Crippen molar-refractivity contribution in [2.24, 2.45) is 5.92 Å². The molecule has 1 fully saturated rings. The van der Waals surface area contributed by atoms with E-state index in [4.69, 9.17) is 4.74 Å². The first-order valence-electron chi connectivity index (χ1n) is 8.73. The van der Waals surface area contributed by atoms with Gasteiger partial charge in [0.15, 0.2) is 0 Å². The monoisotopic (exact) mass is 285 g/mol. The van der Waals surface area contributed by atoms with E-state index in [0.29, 0.717) is 19.2 Å². The second-order valence-electron chi connectivity index (χ2n) is 6.38. The van der Waals surface area contributed by atoms with Crippen molar-refractivity contribution in [3.63, 3.8) is 0 Å². The fourth-order valence-electron chi connectivity index (χ4n) is 3.03. The first kappa shape index (κ1) is 17.9. The molecule has 2 unspecified atom stereocenters. The van der Waals surface area contributed by atoms with E-state index >= 15 is 0 Å². The fourth-order valence-corrected chi connectivity index (χ4v) is 3.03. The van der Waals surface area contributed by atoms with Gasteiger partial charge in [0.05, 0.1) is 12.7 Å². The molecule has 0 aromatic rings. The third-order valence-corrected chi connectivity index (χ3v) is 4.48. The van der Waals surface area contributed by atoms with Crippen molar-refractivity contribution in [1.29, 1.82) is 0 Å². The van der Waals surface area contributed by atoms with Crippen molar-refractivity contribution in [3.05, 3.63) is 0 Å². The summed E-state index contributed by atoms with van der Waals surface area (Å²) in [4.78, 5) is 0. The molecule has 20 heavy (non-hydrogen) atoms. The van der Waals surface area contributed by atoms with E-state index in [9.17, 15) is 5.11 Å². The minimum Gasteiger partial charge on any atom is -0.389 e. The van der Waals surface area contributed by atoms with Crippen LogP contribution in [0.4, 0.5) is 0 Å². The van der Waals surface area contributed by atoms with Crippen LogP contribution in [0.1, 0.15) is 71.6 Å². The highest BCUT2D eigenvalue weighted by Crippen LogP contribution is 2.26. The fraction of sp³-hybridized carbons (Fsp3) is 1.00. The maximum Gasteiger partial charge on any atom is 0.0897 e. The van der Waals surface area contributed by atoms with Crippen LogP contribution in [-0.4, -0.2) is 37.0 Å². The third kappa shape index (κ3) is 8.23. The van der Waals surface area contributed by atoms with Crippen LogP contribution in [0.3, 0.4) is 0 Å². The minimum atomic E-state index is -0.368. The molecule has 120 valence electrons. The summed E-state index contributed by atoms with van der Waals surface area (Å²) < 4.78 is 5.53. The van der Waals surface area contributed by atoms with Gasteiger partial charge >= 0.3 is 0 Å². The van der Waals surface area contributed by atoms with Crippen LogP contribution in [0, 0.1) is 5.92 Å². The molecule has 0 aromatic heterocycles. The Kier molecular flexibility index (Phi) is 10.3. The minimum absolute atomic E-state index is 0.368. The largest absolute Gasteiger partial charge is 0.389 e. The number of aliphatic hydroxyl groups is 1. The Bertz CT molecular complexity index is 217. The molecule has 2 N–H and O–H groups in total. The summed E-state index contributed by atoms with van der Waals surface area (Å²) in [5.41, 5.74) is 0. The quantitative estimate of drug-likeness (QED) is 0.571. The number of rotatable bonds is 11. The van der Waals surface area contributed by atoms with Gasteiger partial charge in [-0.3, -0.25) is 0 Å². The lowest BCUT2D eigenvalue weighted by Crippen LogP contribution is -2.40. The highest BCUT2D eigenvalue weighted by atomic mass is 16.5. The molecule has 0 radical (unpaired) electrons. The topological polar surface area (TPSA) is 41.5 Å². The van der Waals surface area contributed by atoms with Crippen LogP contribution in [0.5, 0.6) is 0 Å². The van der Waals surface area contributed by atoms with Gasteiger partial charge in [-0.2, -0.15) is 0 Å². The maximum atomic E-state index is 9.91. The van der Waals surface area contributed by atoms with Crippen LogP contribution >= 0.6 is 0 Å². The number of aliphatic hydroxyl groups excluding tert-OH is 1. The molecule has 3 heteroatoms. The molecule has 1 aliphatic carbocycles. The highest BCUT2D eigenvalue weighted by molar-refractivity contribution is 4.76. The average molecular weight is 285 g/mol. The molecule has 2 atom stereocenters. The lowest BCUT2D eigenvalue weighted by atomic mass is 9.84. The first-order valence-corrected chi connectivity index (χ1v) is 8.73. The van der Waals surface area contributed by atoms with Gasteiger partial charge in [0.1, 0.15) is 0 Å². The second kappa shape index (κ2) is 11.5. The molecule has 0 saturated heterocycles. The molecule has 1 saturated carbocycles. The summed E-state index contributed by atoms with van der Waals surface area (Å²) in [6.07, 6.45) is 11.4. The second-order valence-corrected chi connectivity index (χ2v) is 6.38.